The number of allylic oxidation sites excluding steroid dienone is 4. The second-order valence-electron chi connectivity index (χ2n) is 9.96. The van der Waals surface area contributed by atoms with Crippen LogP contribution in [0.5, 0.6) is 0 Å². The van der Waals surface area contributed by atoms with Crippen LogP contribution in [0.2, 0.25) is 0 Å². The lowest BCUT2D eigenvalue weighted by Crippen LogP contribution is -2.47. The van der Waals surface area contributed by atoms with Crippen LogP contribution >= 0.6 is 0 Å². The van der Waals surface area contributed by atoms with Crippen LogP contribution in [-0.2, 0) is 38.1 Å². The molecule has 2 spiro atoms. The Morgan fingerprint density at radius 3 is 1.59 bits per heavy atom. The minimum absolute atomic E-state index is 0.161. The number of esters is 4. The summed E-state index contributed by atoms with van der Waals surface area (Å²) in [6.07, 6.45) is 12.0. The smallest absolute Gasteiger partial charge is 0.348 e. The Labute approximate surface area is 215 Å². The van der Waals surface area contributed by atoms with Crippen molar-refractivity contribution in [2.45, 2.75) is 82.2 Å². The molecular weight excluding hydrogens is 476 g/mol. The molecule has 1 aromatic rings. The van der Waals surface area contributed by atoms with Gasteiger partial charge in [-0.3, -0.25) is 0 Å². The summed E-state index contributed by atoms with van der Waals surface area (Å²) < 4.78 is 22.3. The number of hydrogen-bond acceptors (Lipinski definition) is 8. The van der Waals surface area contributed by atoms with Crippen molar-refractivity contribution in [2.24, 2.45) is 0 Å². The molecule has 5 rings (SSSR count). The maximum atomic E-state index is 12.7. The van der Waals surface area contributed by atoms with Crippen LogP contribution in [0, 0.1) is 0 Å². The molecule has 2 aliphatic heterocycles. The van der Waals surface area contributed by atoms with E-state index in [1.807, 2.05) is 30.3 Å². The van der Waals surface area contributed by atoms with Crippen LogP contribution in [0.3, 0.4) is 0 Å². The maximum Gasteiger partial charge on any atom is 0.348 e. The number of hydrogen-bond donors (Lipinski definition) is 0. The van der Waals surface area contributed by atoms with Gasteiger partial charge >= 0.3 is 23.9 Å². The number of benzene rings is 1. The van der Waals surface area contributed by atoms with E-state index in [0.717, 1.165) is 44.1 Å². The zero-order valence-corrected chi connectivity index (χ0v) is 20.7. The van der Waals surface area contributed by atoms with Crippen LogP contribution < -0.4 is 0 Å². The highest BCUT2D eigenvalue weighted by Gasteiger charge is 2.47. The maximum absolute atomic E-state index is 12.7. The molecule has 0 radical (unpaired) electrons. The Bertz CT molecular complexity index is 1130. The third kappa shape index (κ3) is 5.38. The van der Waals surface area contributed by atoms with Crippen LogP contribution in [0.25, 0.3) is 5.57 Å². The van der Waals surface area contributed by atoms with Crippen molar-refractivity contribution in [2.75, 3.05) is 0 Å². The Morgan fingerprint density at radius 1 is 0.649 bits per heavy atom. The summed E-state index contributed by atoms with van der Waals surface area (Å²) in [5.74, 6) is -5.11. The Morgan fingerprint density at radius 2 is 1.11 bits per heavy atom. The Hall–Kier alpha value is -3.68. The summed E-state index contributed by atoms with van der Waals surface area (Å²) in [6.45, 7) is 0. The van der Waals surface area contributed by atoms with Gasteiger partial charge in [0, 0.05) is 25.7 Å². The van der Waals surface area contributed by atoms with Crippen LogP contribution in [0.15, 0.2) is 59.7 Å². The van der Waals surface area contributed by atoms with Crippen LogP contribution in [-0.4, -0.2) is 35.5 Å². The van der Waals surface area contributed by atoms with Crippen molar-refractivity contribution in [3.8, 4) is 0 Å². The predicted octanol–water partition coefficient (Wildman–Crippen LogP) is 4.83. The lowest BCUT2D eigenvalue weighted by Gasteiger charge is -2.38. The molecule has 2 saturated heterocycles. The van der Waals surface area contributed by atoms with E-state index in [1.165, 1.54) is 12.2 Å². The molecule has 0 N–H and O–H groups in total. The molecule has 37 heavy (non-hydrogen) atoms. The largest absolute Gasteiger partial charge is 0.419 e. The zero-order valence-electron chi connectivity index (χ0n) is 20.7. The van der Waals surface area contributed by atoms with E-state index in [1.54, 1.807) is 6.08 Å². The van der Waals surface area contributed by atoms with Crippen molar-refractivity contribution in [3.63, 3.8) is 0 Å². The minimum Gasteiger partial charge on any atom is -0.419 e. The van der Waals surface area contributed by atoms with E-state index in [4.69, 9.17) is 18.9 Å². The first-order valence-electron chi connectivity index (χ1n) is 13.0. The van der Waals surface area contributed by atoms with Gasteiger partial charge in [-0.15, -0.1) is 0 Å². The van der Waals surface area contributed by atoms with Gasteiger partial charge in [0.05, 0.1) is 0 Å². The quantitative estimate of drug-likeness (QED) is 0.325. The van der Waals surface area contributed by atoms with Crippen molar-refractivity contribution in [1.82, 2.24) is 0 Å². The van der Waals surface area contributed by atoms with Crippen LogP contribution in [0.1, 0.15) is 76.2 Å². The van der Waals surface area contributed by atoms with Crippen LogP contribution in [0.4, 0.5) is 0 Å². The summed E-state index contributed by atoms with van der Waals surface area (Å²) in [6, 6.07) is 9.25. The number of rotatable bonds is 4. The van der Waals surface area contributed by atoms with Crippen molar-refractivity contribution >= 4 is 29.5 Å². The second kappa shape index (κ2) is 10.4. The third-order valence-corrected chi connectivity index (χ3v) is 7.35. The molecule has 4 aliphatic rings. The average Bonchev–Trinajstić information content (AvgIpc) is 2.88. The molecule has 1 aromatic carbocycles. The summed E-state index contributed by atoms with van der Waals surface area (Å²) in [5.41, 5.74) is 1.09. The molecular formula is C29H30O8. The van der Waals surface area contributed by atoms with Gasteiger partial charge in [-0.05, 0) is 49.3 Å². The first-order chi connectivity index (χ1) is 17.9. The second-order valence-corrected chi connectivity index (χ2v) is 9.96. The predicted molar refractivity (Wildman–Crippen MR) is 131 cm³/mol. The highest BCUT2D eigenvalue weighted by molar-refractivity contribution is 6.16. The molecule has 4 fully saturated rings. The standard InChI is InChI=1S/C29H30O8/c30-24-22(25(31)35-28(34-24)16-6-2-7-17-28)14-12-21(20-10-4-1-5-11-20)13-15-23-26(32)36-29(37-27(23)33)18-8-3-9-19-29/h1,4-5,10-12,14-15H,2-3,6-9,13,16-19H2. The van der Waals surface area contributed by atoms with E-state index in [2.05, 4.69) is 0 Å². The fourth-order valence-corrected chi connectivity index (χ4v) is 5.33. The highest BCUT2D eigenvalue weighted by Crippen LogP contribution is 2.38. The molecule has 8 nitrogen and oxygen atoms in total. The Kier molecular flexibility index (Phi) is 7.00. The molecule has 194 valence electrons. The summed E-state index contributed by atoms with van der Waals surface area (Å²) in [7, 11) is 0. The van der Waals surface area contributed by atoms with Crippen molar-refractivity contribution in [1.29, 1.82) is 0 Å². The molecule has 0 aromatic heterocycles. The fourth-order valence-electron chi connectivity index (χ4n) is 5.33. The first kappa shape index (κ1) is 25.0. The van der Waals surface area contributed by atoms with Crippen molar-refractivity contribution < 1.29 is 38.1 Å². The SMILES string of the molecule is O=C1OC2(CCCCC2)OC(=O)C1=CC=C(CC=C1C(=O)OC2(CCCCC2)OC1=O)c1ccccc1. The van der Waals surface area contributed by atoms with E-state index >= 15 is 0 Å². The zero-order chi connectivity index (χ0) is 25.9. The third-order valence-electron chi connectivity index (χ3n) is 7.35. The van der Waals surface area contributed by atoms with E-state index < -0.39 is 35.5 Å². The normalized spacial score (nSPS) is 23.2. The number of carbonyl (C=O) groups excluding carboxylic acids is 4. The minimum atomic E-state index is -1.16. The molecule has 2 heterocycles. The van der Waals surface area contributed by atoms with E-state index in [9.17, 15) is 19.2 Å². The van der Waals surface area contributed by atoms with E-state index in [0.29, 0.717) is 31.3 Å². The van der Waals surface area contributed by atoms with Gasteiger partial charge in [-0.2, -0.15) is 0 Å². The molecule has 2 aliphatic carbocycles. The molecule has 0 bridgehead atoms. The molecule has 0 unspecified atom stereocenters. The van der Waals surface area contributed by atoms with Gasteiger partial charge in [0.1, 0.15) is 11.1 Å². The van der Waals surface area contributed by atoms with Crippen molar-refractivity contribution in [3.05, 3.63) is 65.3 Å². The summed E-state index contributed by atoms with van der Waals surface area (Å²) in [4.78, 5) is 50.9. The molecule has 0 atom stereocenters. The summed E-state index contributed by atoms with van der Waals surface area (Å²) >= 11 is 0. The molecule has 8 heteroatoms. The fraction of sp³-hybridized carbons (Fsp3) is 0.448. The monoisotopic (exact) mass is 506 g/mol. The topological polar surface area (TPSA) is 105 Å². The van der Waals surface area contributed by atoms with Gasteiger partial charge in [0.2, 0.25) is 0 Å². The van der Waals surface area contributed by atoms with Gasteiger partial charge in [-0.25, -0.2) is 19.2 Å². The lowest BCUT2D eigenvalue weighted by molar-refractivity contribution is -0.246. The number of ether oxygens (including phenoxy) is 4. The number of carbonyl (C=O) groups is 4. The van der Waals surface area contributed by atoms with Gasteiger partial charge in [0.15, 0.2) is 0 Å². The average molecular weight is 507 g/mol. The van der Waals surface area contributed by atoms with Gasteiger partial charge in [-0.1, -0.05) is 55.3 Å². The summed E-state index contributed by atoms with van der Waals surface area (Å²) in [5, 5.41) is 0. The molecule has 0 amide bonds. The highest BCUT2D eigenvalue weighted by atomic mass is 16.8. The van der Waals surface area contributed by atoms with E-state index in [-0.39, 0.29) is 17.6 Å². The Balaban J connectivity index is 1.37. The van der Waals surface area contributed by atoms with Gasteiger partial charge < -0.3 is 18.9 Å². The first-order valence-corrected chi connectivity index (χ1v) is 13.0. The van der Waals surface area contributed by atoms with Gasteiger partial charge in [0.25, 0.3) is 11.6 Å². The lowest BCUT2D eigenvalue weighted by atomic mass is 9.93. The molecule has 2 saturated carbocycles.